The summed E-state index contributed by atoms with van der Waals surface area (Å²) in [6.45, 7) is -0.202. The van der Waals surface area contributed by atoms with Crippen LogP contribution in [0.4, 0.5) is 5.69 Å². The van der Waals surface area contributed by atoms with Crippen LogP contribution < -0.4 is 0 Å². The first-order valence-corrected chi connectivity index (χ1v) is 10.6. The highest BCUT2D eigenvalue weighted by Gasteiger charge is 2.51. The number of nitro groups is 1. The zero-order valence-electron chi connectivity index (χ0n) is 16.6. The van der Waals surface area contributed by atoms with E-state index in [1.54, 1.807) is 6.07 Å². The number of carbonyl (C=O) groups is 3. The topological polar surface area (TPSA) is 101 Å². The SMILES string of the molecule is O=C(c1ccccc1[N+](=O)[O-])N(Cc1ccc(Cl)c(Cl)c1)N1C(=O)[C@@H]2CC=CC[C@H]2C1=O. The molecule has 2 aliphatic rings. The van der Waals surface area contributed by atoms with Crippen molar-refractivity contribution in [3.63, 3.8) is 0 Å². The van der Waals surface area contributed by atoms with Gasteiger partial charge in [-0.25, -0.2) is 5.01 Å². The lowest BCUT2D eigenvalue weighted by Gasteiger charge is -2.30. The van der Waals surface area contributed by atoms with Crippen LogP contribution in [0, 0.1) is 22.0 Å². The second-order valence-electron chi connectivity index (χ2n) is 7.53. The molecule has 0 saturated carbocycles. The van der Waals surface area contributed by atoms with E-state index in [2.05, 4.69) is 0 Å². The Bertz CT molecular complexity index is 1140. The van der Waals surface area contributed by atoms with Gasteiger partial charge in [-0.05, 0) is 36.6 Å². The number of imide groups is 1. The van der Waals surface area contributed by atoms with E-state index in [9.17, 15) is 24.5 Å². The molecule has 0 radical (unpaired) electrons. The van der Waals surface area contributed by atoms with Gasteiger partial charge < -0.3 is 0 Å². The van der Waals surface area contributed by atoms with Crippen LogP contribution in [0.25, 0.3) is 0 Å². The molecule has 4 rings (SSSR count). The quantitative estimate of drug-likeness (QED) is 0.277. The van der Waals surface area contributed by atoms with E-state index in [0.717, 1.165) is 10.0 Å². The van der Waals surface area contributed by atoms with Crippen LogP contribution in [0.15, 0.2) is 54.6 Å². The molecule has 3 amide bonds. The predicted octanol–water partition coefficient (Wildman–Crippen LogP) is 4.41. The average Bonchev–Trinajstić information content (AvgIpc) is 3.04. The van der Waals surface area contributed by atoms with E-state index >= 15 is 0 Å². The molecule has 1 aliphatic carbocycles. The van der Waals surface area contributed by atoms with Gasteiger partial charge >= 0.3 is 0 Å². The average molecular weight is 474 g/mol. The maximum Gasteiger partial charge on any atom is 0.282 e. The number of nitro benzene ring substituents is 1. The minimum absolute atomic E-state index is 0.202. The summed E-state index contributed by atoms with van der Waals surface area (Å²) in [5.74, 6) is -2.98. The third kappa shape index (κ3) is 3.87. The number of fused-ring (bicyclic) bond motifs is 1. The molecule has 2 aromatic carbocycles. The Hall–Kier alpha value is -3.23. The van der Waals surface area contributed by atoms with Crippen molar-refractivity contribution >= 4 is 46.6 Å². The number of hydrogen-bond donors (Lipinski definition) is 0. The fraction of sp³-hybridized carbons (Fsp3) is 0.227. The first-order chi connectivity index (χ1) is 15.3. The third-order valence-electron chi connectivity index (χ3n) is 5.61. The molecule has 164 valence electrons. The van der Waals surface area contributed by atoms with Crippen LogP contribution in [0.3, 0.4) is 0 Å². The molecule has 10 heteroatoms. The molecule has 32 heavy (non-hydrogen) atoms. The van der Waals surface area contributed by atoms with E-state index in [1.165, 1.54) is 36.4 Å². The molecule has 0 N–H and O–H groups in total. The first kappa shape index (κ1) is 22.0. The van der Waals surface area contributed by atoms with Gasteiger partial charge in [-0.2, -0.15) is 5.01 Å². The lowest BCUT2D eigenvalue weighted by Crippen LogP contribution is -2.50. The molecular formula is C22H17Cl2N3O5. The first-order valence-electron chi connectivity index (χ1n) is 9.81. The van der Waals surface area contributed by atoms with Gasteiger partial charge in [0.1, 0.15) is 5.56 Å². The van der Waals surface area contributed by atoms with E-state index in [1.807, 2.05) is 12.2 Å². The summed E-state index contributed by atoms with van der Waals surface area (Å²) in [4.78, 5) is 50.6. The normalized spacial score (nSPS) is 19.8. The number of hydrogen-bond acceptors (Lipinski definition) is 5. The Morgan fingerprint density at radius 2 is 1.66 bits per heavy atom. The Kier molecular flexibility index (Phi) is 5.99. The van der Waals surface area contributed by atoms with Crippen molar-refractivity contribution in [2.24, 2.45) is 11.8 Å². The Morgan fingerprint density at radius 1 is 1.03 bits per heavy atom. The second-order valence-corrected chi connectivity index (χ2v) is 8.34. The van der Waals surface area contributed by atoms with Gasteiger partial charge in [-0.1, -0.05) is 53.6 Å². The molecule has 2 aromatic rings. The van der Waals surface area contributed by atoms with Gasteiger partial charge in [0.2, 0.25) is 0 Å². The number of para-hydroxylation sites is 1. The minimum Gasteiger partial charge on any atom is -0.272 e. The van der Waals surface area contributed by atoms with Crippen molar-refractivity contribution in [1.29, 1.82) is 0 Å². The molecule has 0 bridgehead atoms. The van der Waals surface area contributed by atoms with Gasteiger partial charge in [-0.15, -0.1) is 0 Å². The Morgan fingerprint density at radius 3 is 2.25 bits per heavy atom. The number of benzene rings is 2. The summed E-state index contributed by atoms with van der Waals surface area (Å²) < 4.78 is 0. The molecular weight excluding hydrogens is 457 g/mol. The maximum absolute atomic E-state index is 13.5. The van der Waals surface area contributed by atoms with Crippen LogP contribution in [0.5, 0.6) is 0 Å². The summed E-state index contributed by atoms with van der Waals surface area (Å²) in [6.07, 6.45) is 4.46. The highest BCUT2D eigenvalue weighted by molar-refractivity contribution is 6.42. The van der Waals surface area contributed by atoms with Crippen LogP contribution in [0.1, 0.15) is 28.8 Å². The molecule has 0 aromatic heterocycles. The predicted molar refractivity (Wildman–Crippen MR) is 117 cm³/mol. The van der Waals surface area contributed by atoms with Crippen molar-refractivity contribution < 1.29 is 19.3 Å². The summed E-state index contributed by atoms with van der Waals surface area (Å²) in [6, 6.07) is 10.1. The lowest BCUT2D eigenvalue weighted by atomic mass is 9.85. The number of amides is 3. The van der Waals surface area contributed by atoms with Gasteiger partial charge in [0.25, 0.3) is 23.4 Å². The third-order valence-corrected chi connectivity index (χ3v) is 6.35. The zero-order valence-corrected chi connectivity index (χ0v) is 18.1. The fourth-order valence-electron chi connectivity index (χ4n) is 4.02. The smallest absolute Gasteiger partial charge is 0.272 e. The van der Waals surface area contributed by atoms with Crippen LogP contribution in [-0.4, -0.2) is 32.7 Å². The van der Waals surface area contributed by atoms with Gasteiger partial charge in [0, 0.05) is 6.07 Å². The number of halogens is 2. The van der Waals surface area contributed by atoms with Crippen molar-refractivity contribution in [1.82, 2.24) is 10.0 Å². The van der Waals surface area contributed by atoms with Crippen LogP contribution >= 0.6 is 23.2 Å². The van der Waals surface area contributed by atoms with Gasteiger partial charge in [-0.3, -0.25) is 24.5 Å². The number of hydrazine groups is 1. The monoisotopic (exact) mass is 473 g/mol. The van der Waals surface area contributed by atoms with E-state index < -0.39 is 40.2 Å². The summed E-state index contributed by atoms with van der Waals surface area (Å²) >= 11 is 12.1. The molecule has 1 fully saturated rings. The fourth-order valence-corrected chi connectivity index (χ4v) is 4.34. The van der Waals surface area contributed by atoms with E-state index in [4.69, 9.17) is 23.2 Å². The largest absolute Gasteiger partial charge is 0.282 e. The molecule has 8 nitrogen and oxygen atoms in total. The van der Waals surface area contributed by atoms with E-state index in [-0.39, 0.29) is 17.1 Å². The zero-order chi connectivity index (χ0) is 23.0. The van der Waals surface area contributed by atoms with E-state index in [0.29, 0.717) is 23.4 Å². The molecule has 2 atom stereocenters. The van der Waals surface area contributed by atoms with Crippen molar-refractivity contribution in [3.05, 3.63) is 85.9 Å². The minimum atomic E-state index is -0.836. The lowest BCUT2D eigenvalue weighted by molar-refractivity contribution is -0.385. The van der Waals surface area contributed by atoms with Crippen LogP contribution in [-0.2, 0) is 16.1 Å². The molecule has 1 aliphatic heterocycles. The highest BCUT2D eigenvalue weighted by Crippen LogP contribution is 2.37. The van der Waals surface area contributed by atoms with Crippen molar-refractivity contribution in [2.45, 2.75) is 19.4 Å². The molecule has 0 spiro atoms. The summed E-state index contributed by atoms with van der Waals surface area (Å²) in [5.41, 5.74) is -0.152. The maximum atomic E-state index is 13.5. The number of allylic oxidation sites excluding steroid dienone is 2. The number of nitrogens with zero attached hydrogens (tertiary/aromatic N) is 3. The summed E-state index contributed by atoms with van der Waals surface area (Å²) in [5, 5.41) is 13.8. The molecule has 1 saturated heterocycles. The van der Waals surface area contributed by atoms with Gasteiger partial charge in [0.05, 0.1) is 33.3 Å². The van der Waals surface area contributed by atoms with Crippen molar-refractivity contribution in [3.8, 4) is 0 Å². The molecule has 0 unspecified atom stereocenters. The highest BCUT2D eigenvalue weighted by atomic mass is 35.5. The number of rotatable bonds is 5. The Labute approximate surface area is 193 Å². The summed E-state index contributed by atoms with van der Waals surface area (Å²) in [7, 11) is 0. The molecule has 1 heterocycles. The Balaban J connectivity index is 1.77. The van der Waals surface area contributed by atoms with Crippen LogP contribution in [0.2, 0.25) is 10.0 Å². The second kappa shape index (κ2) is 8.72. The van der Waals surface area contributed by atoms with Gasteiger partial charge in [0.15, 0.2) is 0 Å². The van der Waals surface area contributed by atoms with Crippen molar-refractivity contribution in [2.75, 3.05) is 0 Å². The standard InChI is InChI=1S/C22H17Cl2N3O5/c23-17-10-9-13(11-18(17)24)12-25(20(28)16-7-3-4-8-19(16)27(31)32)26-21(29)14-5-1-2-6-15(14)22(26)30/h1-4,7-11,14-15H,5-6,12H2/t14-,15-/m1/s1. The number of carbonyl (C=O) groups excluding carboxylic acids is 3.